The summed E-state index contributed by atoms with van der Waals surface area (Å²) >= 11 is 0. The van der Waals surface area contributed by atoms with E-state index in [1.165, 1.54) is 13.2 Å². The minimum absolute atomic E-state index is 0.0533. The number of benzene rings is 1. The van der Waals surface area contributed by atoms with Gasteiger partial charge in [0.05, 0.1) is 44.7 Å². The van der Waals surface area contributed by atoms with Crippen LogP contribution in [0.5, 0.6) is 5.75 Å². The second-order valence-corrected chi connectivity index (χ2v) is 7.43. The van der Waals surface area contributed by atoms with Crippen LogP contribution in [-0.2, 0) is 20.8 Å². The maximum absolute atomic E-state index is 12.6. The highest BCUT2D eigenvalue weighted by molar-refractivity contribution is 5.84. The zero-order valence-electron chi connectivity index (χ0n) is 17.2. The first-order valence-corrected chi connectivity index (χ1v) is 10.1. The lowest BCUT2D eigenvalue weighted by atomic mass is 9.90. The number of esters is 1. The molecule has 4 rings (SSSR count). The number of aromatic hydroxyl groups is 1. The fourth-order valence-electron chi connectivity index (χ4n) is 3.86. The van der Waals surface area contributed by atoms with Gasteiger partial charge >= 0.3 is 5.97 Å². The fraction of sp³-hybridized carbons (Fsp3) is 0.348. The first kappa shape index (κ1) is 21.0. The van der Waals surface area contributed by atoms with Crippen molar-refractivity contribution in [2.45, 2.75) is 18.9 Å². The summed E-state index contributed by atoms with van der Waals surface area (Å²) in [7, 11) is 1.30. The molecule has 1 atom stereocenters. The molecule has 0 aliphatic carbocycles. The molecule has 8 nitrogen and oxygen atoms in total. The normalized spacial score (nSPS) is 15.6. The van der Waals surface area contributed by atoms with Gasteiger partial charge in [0.15, 0.2) is 5.76 Å². The first-order valence-electron chi connectivity index (χ1n) is 10.1. The highest BCUT2D eigenvalue weighted by atomic mass is 16.5. The van der Waals surface area contributed by atoms with Gasteiger partial charge in [-0.1, -0.05) is 18.2 Å². The van der Waals surface area contributed by atoms with Gasteiger partial charge in [-0.2, -0.15) is 0 Å². The maximum Gasteiger partial charge on any atom is 0.306 e. The third-order valence-electron chi connectivity index (χ3n) is 5.46. The molecule has 2 aromatic heterocycles. The summed E-state index contributed by atoms with van der Waals surface area (Å²) in [4.78, 5) is 31.3. The minimum atomic E-state index is -0.710. The van der Waals surface area contributed by atoms with Crippen molar-refractivity contribution in [1.29, 1.82) is 0 Å². The molecule has 0 saturated carbocycles. The second kappa shape index (κ2) is 9.28. The Labute approximate surface area is 179 Å². The van der Waals surface area contributed by atoms with E-state index in [0.717, 1.165) is 29.6 Å². The van der Waals surface area contributed by atoms with Crippen LogP contribution in [0, 0.1) is 0 Å². The van der Waals surface area contributed by atoms with Gasteiger partial charge in [0.1, 0.15) is 5.76 Å². The summed E-state index contributed by atoms with van der Waals surface area (Å²) in [6, 6.07) is 10.5. The molecule has 0 amide bonds. The van der Waals surface area contributed by atoms with Gasteiger partial charge in [0.25, 0.3) is 0 Å². The number of hydrogen-bond acceptors (Lipinski definition) is 8. The van der Waals surface area contributed by atoms with E-state index < -0.39 is 23.1 Å². The number of carbonyl (C=O) groups is 1. The van der Waals surface area contributed by atoms with Gasteiger partial charge in [0.2, 0.25) is 11.2 Å². The minimum Gasteiger partial charge on any atom is -0.502 e. The quantitative estimate of drug-likeness (QED) is 0.602. The number of morpholine rings is 1. The van der Waals surface area contributed by atoms with Crippen LogP contribution >= 0.6 is 0 Å². The molecule has 1 aliphatic rings. The Hall–Kier alpha value is -3.23. The Kier molecular flexibility index (Phi) is 6.29. The molecule has 0 bridgehead atoms. The van der Waals surface area contributed by atoms with Crippen molar-refractivity contribution in [3.05, 3.63) is 69.9 Å². The molecule has 162 valence electrons. The molecule has 3 heterocycles. The molecule has 1 saturated heterocycles. The van der Waals surface area contributed by atoms with E-state index in [4.69, 9.17) is 13.9 Å². The van der Waals surface area contributed by atoms with Crippen molar-refractivity contribution in [2.75, 3.05) is 33.4 Å². The number of nitrogens with zero attached hydrogens (tertiary/aromatic N) is 2. The van der Waals surface area contributed by atoms with Crippen LogP contribution in [0.4, 0.5) is 0 Å². The van der Waals surface area contributed by atoms with E-state index in [2.05, 4.69) is 9.88 Å². The maximum atomic E-state index is 12.6. The van der Waals surface area contributed by atoms with Crippen LogP contribution in [0.25, 0.3) is 10.9 Å². The third kappa shape index (κ3) is 4.60. The van der Waals surface area contributed by atoms with Crippen molar-refractivity contribution in [3.63, 3.8) is 0 Å². The SMILES string of the molecule is COC(=O)C[C@@H](c1oc(CN2CCOCC2)cc(=O)c1O)c1ccnc2ccccc12. The summed E-state index contributed by atoms with van der Waals surface area (Å²) in [6.45, 7) is 3.08. The molecular formula is C23H24N2O6. The number of rotatable bonds is 6. The number of carbonyl (C=O) groups excluding carboxylic acids is 1. The zero-order valence-corrected chi connectivity index (χ0v) is 17.2. The van der Waals surface area contributed by atoms with Crippen molar-refractivity contribution in [3.8, 4) is 5.75 Å². The van der Waals surface area contributed by atoms with E-state index in [9.17, 15) is 14.7 Å². The third-order valence-corrected chi connectivity index (χ3v) is 5.46. The molecule has 0 radical (unpaired) electrons. The Balaban J connectivity index is 1.81. The predicted molar refractivity (Wildman–Crippen MR) is 113 cm³/mol. The molecule has 0 spiro atoms. The molecule has 31 heavy (non-hydrogen) atoms. The summed E-state index contributed by atoms with van der Waals surface area (Å²) < 4.78 is 16.3. The Morgan fingerprint density at radius 3 is 2.81 bits per heavy atom. The average Bonchev–Trinajstić information content (AvgIpc) is 2.80. The van der Waals surface area contributed by atoms with Crippen molar-refractivity contribution in [2.24, 2.45) is 0 Å². The van der Waals surface area contributed by atoms with E-state index in [0.29, 0.717) is 25.5 Å². The highest BCUT2D eigenvalue weighted by Gasteiger charge is 2.28. The number of methoxy groups -OCH3 is 1. The molecule has 1 fully saturated rings. The number of pyridine rings is 1. The van der Waals surface area contributed by atoms with Gasteiger partial charge in [-0.25, -0.2) is 0 Å². The predicted octanol–water partition coefficient (Wildman–Crippen LogP) is 2.42. The number of aromatic nitrogens is 1. The summed E-state index contributed by atoms with van der Waals surface area (Å²) in [5, 5.41) is 11.4. The number of para-hydroxylation sites is 1. The van der Waals surface area contributed by atoms with Gasteiger partial charge in [-0.15, -0.1) is 0 Å². The largest absolute Gasteiger partial charge is 0.502 e. The molecule has 1 aliphatic heterocycles. The molecule has 0 unspecified atom stereocenters. The Bertz CT molecular complexity index is 1130. The van der Waals surface area contributed by atoms with Crippen molar-refractivity contribution < 1.29 is 23.8 Å². The summed E-state index contributed by atoms with van der Waals surface area (Å²) in [5.74, 6) is -1.21. The monoisotopic (exact) mass is 424 g/mol. The Morgan fingerprint density at radius 2 is 2.03 bits per heavy atom. The van der Waals surface area contributed by atoms with Crippen LogP contribution in [0.2, 0.25) is 0 Å². The van der Waals surface area contributed by atoms with Gasteiger partial charge in [0, 0.05) is 30.7 Å². The lowest BCUT2D eigenvalue weighted by Gasteiger charge is -2.26. The van der Waals surface area contributed by atoms with E-state index >= 15 is 0 Å². The number of fused-ring (bicyclic) bond motifs is 1. The molecular weight excluding hydrogens is 400 g/mol. The van der Waals surface area contributed by atoms with Gasteiger partial charge in [-0.3, -0.25) is 19.5 Å². The summed E-state index contributed by atoms with van der Waals surface area (Å²) in [6.07, 6.45) is 1.54. The van der Waals surface area contributed by atoms with Crippen LogP contribution in [-0.4, -0.2) is 54.4 Å². The fourth-order valence-corrected chi connectivity index (χ4v) is 3.86. The van der Waals surface area contributed by atoms with E-state index in [1.807, 2.05) is 24.3 Å². The number of ether oxygens (including phenoxy) is 2. The lowest BCUT2D eigenvalue weighted by Crippen LogP contribution is -2.35. The van der Waals surface area contributed by atoms with Crippen LogP contribution in [0.15, 0.2) is 51.8 Å². The van der Waals surface area contributed by atoms with E-state index in [1.54, 1.807) is 12.3 Å². The van der Waals surface area contributed by atoms with Crippen molar-refractivity contribution >= 4 is 16.9 Å². The van der Waals surface area contributed by atoms with E-state index in [-0.39, 0.29) is 12.2 Å². The topological polar surface area (TPSA) is 102 Å². The highest BCUT2D eigenvalue weighted by Crippen LogP contribution is 2.36. The summed E-state index contributed by atoms with van der Waals surface area (Å²) in [5.41, 5.74) is 0.914. The first-order chi connectivity index (χ1) is 15.1. The molecule has 1 N–H and O–H groups in total. The zero-order chi connectivity index (χ0) is 21.8. The van der Waals surface area contributed by atoms with Gasteiger partial charge < -0.3 is 19.0 Å². The molecule has 8 heteroatoms. The lowest BCUT2D eigenvalue weighted by molar-refractivity contribution is -0.140. The van der Waals surface area contributed by atoms with Crippen molar-refractivity contribution in [1.82, 2.24) is 9.88 Å². The standard InChI is InChI=1S/C23H24N2O6/c1-29-21(27)13-18(16-6-7-24-19-5-3-2-4-17(16)19)23-22(28)20(26)12-15(31-23)14-25-8-10-30-11-9-25/h2-7,12,18,28H,8-11,13-14H2,1H3/t18-/m1/s1. The Morgan fingerprint density at radius 1 is 1.26 bits per heavy atom. The number of hydrogen-bond donors (Lipinski definition) is 1. The second-order valence-electron chi connectivity index (χ2n) is 7.43. The van der Waals surface area contributed by atoms with Crippen LogP contribution < -0.4 is 5.43 Å². The van der Waals surface area contributed by atoms with Crippen LogP contribution in [0.3, 0.4) is 0 Å². The average molecular weight is 424 g/mol. The smallest absolute Gasteiger partial charge is 0.306 e. The molecule has 3 aromatic rings. The molecule has 1 aromatic carbocycles. The van der Waals surface area contributed by atoms with Crippen LogP contribution in [0.1, 0.15) is 29.4 Å². The van der Waals surface area contributed by atoms with Gasteiger partial charge in [-0.05, 0) is 17.7 Å².